The number of carbonyl (C=O) groups excluding carboxylic acids is 1. The van der Waals surface area contributed by atoms with Gasteiger partial charge in [0.1, 0.15) is 31.0 Å². The van der Waals surface area contributed by atoms with E-state index in [4.69, 9.17) is 10.3 Å². The van der Waals surface area contributed by atoms with Crippen molar-refractivity contribution >= 4 is 5.97 Å². The number of carbonyl (C=O) groups is 1. The summed E-state index contributed by atoms with van der Waals surface area (Å²) in [5.74, 6) is -0.582. The first-order valence-electron chi connectivity index (χ1n) is 4.84. The zero-order valence-corrected chi connectivity index (χ0v) is 9.00. The normalized spacial score (nSPS) is 37.1. The van der Waals surface area contributed by atoms with Crippen LogP contribution in [0.5, 0.6) is 0 Å². The second-order valence-electron chi connectivity index (χ2n) is 3.54. The first-order valence-corrected chi connectivity index (χ1v) is 4.84. The van der Waals surface area contributed by atoms with Gasteiger partial charge in [0.2, 0.25) is 0 Å². The average molecular weight is 247 g/mol. The van der Waals surface area contributed by atoms with E-state index in [1.807, 2.05) is 0 Å². The van der Waals surface area contributed by atoms with Crippen LogP contribution in [0.4, 0.5) is 0 Å². The maximum Gasteiger partial charge on any atom is 0.302 e. The molecule has 17 heavy (non-hydrogen) atoms. The van der Waals surface area contributed by atoms with E-state index in [2.05, 4.69) is 14.8 Å². The van der Waals surface area contributed by atoms with Gasteiger partial charge in [-0.25, -0.2) is 0 Å². The molecule has 0 aliphatic carbocycles. The summed E-state index contributed by atoms with van der Waals surface area (Å²) in [6.45, 7) is 0.864. The summed E-state index contributed by atoms with van der Waals surface area (Å²) in [5, 5.41) is 31.6. The average Bonchev–Trinajstić information content (AvgIpc) is 2.28. The van der Waals surface area contributed by atoms with Gasteiger partial charge in [0.25, 0.3) is 0 Å². The van der Waals surface area contributed by atoms with Crippen LogP contribution in [0.1, 0.15) is 6.92 Å². The largest absolute Gasteiger partial charge is 0.463 e. The molecule has 3 N–H and O–H groups in total. The second-order valence-corrected chi connectivity index (χ2v) is 3.54. The molecule has 96 valence electrons. The molecule has 1 aliphatic heterocycles. The molecule has 0 bridgehead atoms. The van der Waals surface area contributed by atoms with Gasteiger partial charge in [0.15, 0.2) is 6.23 Å². The quantitative estimate of drug-likeness (QED) is 0.244. The van der Waals surface area contributed by atoms with Gasteiger partial charge >= 0.3 is 5.97 Å². The molecule has 0 amide bonds. The van der Waals surface area contributed by atoms with E-state index in [1.54, 1.807) is 0 Å². The molecule has 0 spiro atoms. The number of ether oxygens (including phenoxy) is 2. The lowest BCUT2D eigenvalue weighted by atomic mass is 9.99. The molecule has 5 atom stereocenters. The minimum Gasteiger partial charge on any atom is -0.463 e. The van der Waals surface area contributed by atoms with Gasteiger partial charge in [-0.2, -0.15) is 0 Å². The van der Waals surface area contributed by atoms with Crippen LogP contribution in [0.3, 0.4) is 0 Å². The van der Waals surface area contributed by atoms with Crippen molar-refractivity contribution in [2.75, 3.05) is 6.61 Å². The highest BCUT2D eigenvalue weighted by molar-refractivity contribution is 5.65. The zero-order valence-electron chi connectivity index (χ0n) is 9.00. The molecular weight excluding hydrogens is 234 g/mol. The molecule has 0 aromatic heterocycles. The van der Waals surface area contributed by atoms with Crippen molar-refractivity contribution in [2.24, 2.45) is 5.11 Å². The minimum atomic E-state index is -1.54. The Bertz CT molecular complexity index is 331. The third-order valence-corrected chi connectivity index (χ3v) is 2.30. The Kier molecular flexibility index (Phi) is 4.67. The van der Waals surface area contributed by atoms with E-state index in [-0.39, 0.29) is 6.61 Å². The molecule has 0 saturated carbocycles. The smallest absolute Gasteiger partial charge is 0.302 e. The van der Waals surface area contributed by atoms with Crippen molar-refractivity contribution in [2.45, 2.75) is 37.6 Å². The van der Waals surface area contributed by atoms with Crippen LogP contribution in [0.25, 0.3) is 10.4 Å². The molecule has 9 nitrogen and oxygen atoms in total. The Morgan fingerprint density at radius 1 is 1.41 bits per heavy atom. The fourth-order valence-corrected chi connectivity index (χ4v) is 1.41. The molecule has 0 aromatic rings. The molecule has 1 saturated heterocycles. The van der Waals surface area contributed by atoms with Crippen LogP contribution in [0, 0.1) is 0 Å². The predicted octanol–water partition coefficient (Wildman–Crippen LogP) is -1.33. The van der Waals surface area contributed by atoms with Gasteiger partial charge in [-0.3, -0.25) is 4.79 Å². The molecule has 9 heteroatoms. The highest BCUT2D eigenvalue weighted by atomic mass is 16.6. The number of esters is 1. The summed E-state index contributed by atoms with van der Waals surface area (Å²) in [4.78, 5) is 13.0. The van der Waals surface area contributed by atoms with Gasteiger partial charge < -0.3 is 24.8 Å². The Morgan fingerprint density at radius 2 is 2.06 bits per heavy atom. The summed E-state index contributed by atoms with van der Waals surface area (Å²) < 4.78 is 9.62. The summed E-state index contributed by atoms with van der Waals surface area (Å²) in [7, 11) is 0. The van der Waals surface area contributed by atoms with Crippen LogP contribution in [-0.2, 0) is 14.3 Å². The van der Waals surface area contributed by atoms with Gasteiger partial charge in [-0.1, -0.05) is 5.11 Å². The molecule has 0 unspecified atom stereocenters. The molecule has 0 aromatic carbocycles. The second kappa shape index (κ2) is 5.80. The topological polar surface area (TPSA) is 145 Å². The van der Waals surface area contributed by atoms with Gasteiger partial charge in [0.05, 0.1) is 0 Å². The molecule has 0 radical (unpaired) electrons. The summed E-state index contributed by atoms with van der Waals surface area (Å²) in [5.41, 5.74) is 8.23. The summed E-state index contributed by atoms with van der Waals surface area (Å²) in [6, 6.07) is 0. The van der Waals surface area contributed by atoms with E-state index in [9.17, 15) is 20.1 Å². The zero-order chi connectivity index (χ0) is 13.0. The predicted molar refractivity (Wildman–Crippen MR) is 52.5 cm³/mol. The number of hydrogen-bond acceptors (Lipinski definition) is 7. The minimum absolute atomic E-state index is 0.308. The lowest BCUT2D eigenvalue weighted by molar-refractivity contribution is -0.229. The number of azide groups is 1. The first kappa shape index (κ1) is 13.7. The number of aliphatic hydroxyl groups excluding tert-OH is 3. The van der Waals surface area contributed by atoms with Crippen molar-refractivity contribution in [3.8, 4) is 0 Å². The van der Waals surface area contributed by atoms with E-state index in [0.717, 1.165) is 0 Å². The van der Waals surface area contributed by atoms with E-state index in [1.165, 1.54) is 6.92 Å². The lowest BCUT2D eigenvalue weighted by Crippen LogP contribution is -2.58. The van der Waals surface area contributed by atoms with Crippen molar-refractivity contribution in [1.82, 2.24) is 0 Å². The van der Waals surface area contributed by atoms with E-state index >= 15 is 0 Å². The Morgan fingerprint density at radius 3 is 2.59 bits per heavy atom. The van der Waals surface area contributed by atoms with E-state index < -0.39 is 36.6 Å². The highest BCUT2D eigenvalue weighted by Crippen LogP contribution is 2.22. The maximum absolute atomic E-state index is 10.6. The number of nitrogens with zero attached hydrogens (tertiary/aromatic N) is 3. The van der Waals surface area contributed by atoms with Gasteiger partial charge in [-0.05, 0) is 5.53 Å². The molecular formula is C8H13N3O6. The van der Waals surface area contributed by atoms with Crippen LogP contribution in [0.2, 0.25) is 0 Å². The summed E-state index contributed by atoms with van der Waals surface area (Å²) in [6.07, 6.45) is -6.91. The number of aliphatic hydroxyl groups is 3. The highest BCUT2D eigenvalue weighted by Gasteiger charge is 2.43. The Hall–Kier alpha value is -1.38. The van der Waals surface area contributed by atoms with Gasteiger partial charge in [0, 0.05) is 11.8 Å². The third kappa shape index (κ3) is 3.29. The monoisotopic (exact) mass is 247 g/mol. The van der Waals surface area contributed by atoms with Crippen molar-refractivity contribution < 1.29 is 29.6 Å². The SMILES string of the molecule is CC(=O)OC[C@H]1O[C@@H](N=[N+]=[N-])[C@@H](O)[C@@H](O)[C@@H]1O. The van der Waals surface area contributed by atoms with Crippen LogP contribution < -0.4 is 0 Å². The Balaban J connectivity index is 2.70. The fraction of sp³-hybridized carbons (Fsp3) is 0.875. The standard InChI is InChI=1S/C8H13N3O6/c1-3(12)16-2-4-5(13)6(14)7(15)8(17-4)10-11-9/h4-8,13-15H,2H2,1H3/t4-,5-,6+,7+,8-/m1/s1. The first-order chi connectivity index (χ1) is 7.97. The molecule has 1 fully saturated rings. The van der Waals surface area contributed by atoms with Crippen LogP contribution >= 0.6 is 0 Å². The molecule has 1 heterocycles. The van der Waals surface area contributed by atoms with Crippen LogP contribution in [0.15, 0.2) is 5.11 Å². The maximum atomic E-state index is 10.6. The van der Waals surface area contributed by atoms with Crippen molar-refractivity contribution in [1.29, 1.82) is 0 Å². The molecule has 1 rings (SSSR count). The van der Waals surface area contributed by atoms with Crippen LogP contribution in [-0.4, -0.2) is 58.5 Å². The fourth-order valence-electron chi connectivity index (χ4n) is 1.41. The number of rotatable bonds is 3. The molecule has 1 aliphatic rings. The van der Waals surface area contributed by atoms with E-state index in [0.29, 0.717) is 0 Å². The Labute approximate surface area is 96.2 Å². The third-order valence-electron chi connectivity index (χ3n) is 2.30. The van der Waals surface area contributed by atoms with Gasteiger partial charge in [-0.15, -0.1) is 0 Å². The summed E-state index contributed by atoms with van der Waals surface area (Å²) >= 11 is 0. The van der Waals surface area contributed by atoms with Crippen molar-refractivity contribution in [3.63, 3.8) is 0 Å². The van der Waals surface area contributed by atoms with Crippen molar-refractivity contribution in [3.05, 3.63) is 10.4 Å². The number of hydrogen-bond donors (Lipinski definition) is 3. The lowest BCUT2D eigenvalue weighted by Gasteiger charge is -2.38.